The molecule has 2 aliphatic rings. The molecule has 1 N–H and O–H groups in total. The molecule has 0 aromatic carbocycles. The van der Waals surface area contributed by atoms with E-state index in [2.05, 4.69) is 29.2 Å². The Bertz CT molecular complexity index is 322. The van der Waals surface area contributed by atoms with Crippen LogP contribution in [0.5, 0.6) is 0 Å². The lowest BCUT2D eigenvalue weighted by molar-refractivity contribution is -0.135. The van der Waals surface area contributed by atoms with Crippen molar-refractivity contribution in [2.45, 2.75) is 31.7 Å². The molecule has 0 aromatic rings. The van der Waals surface area contributed by atoms with Crippen molar-refractivity contribution in [3.8, 4) is 0 Å². The first kappa shape index (κ1) is 16.7. The van der Waals surface area contributed by atoms with Crippen molar-refractivity contribution in [3.05, 3.63) is 0 Å². The minimum Gasteiger partial charge on any atom is -0.344 e. The van der Waals surface area contributed by atoms with Crippen molar-refractivity contribution in [1.29, 1.82) is 0 Å². The molecule has 0 bridgehead atoms. The molecular formula is C16H32N4O. The van der Waals surface area contributed by atoms with Crippen LogP contribution in [-0.4, -0.2) is 87.1 Å². The van der Waals surface area contributed by atoms with Crippen LogP contribution in [0.2, 0.25) is 0 Å². The third-order valence-corrected chi connectivity index (χ3v) is 5.16. The average molecular weight is 296 g/mol. The number of likely N-dealkylation sites (tertiary alicyclic amines) is 1. The molecular weight excluding hydrogens is 264 g/mol. The van der Waals surface area contributed by atoms with Gasteiger partial charge in [0.05, 0.1) is 0 Å². The summed E-state index contributed by atoms with van der Waals surface area (Å²) >= 11 is 0. The van der Waals surface area contributed by atoms with E-state index in [1.54, 1.807) is 0 Å². The summed E-state index contributed by atoms with van der Waals surface area (Å²) < 4.78 is 0. The number of carbonyl (C=O) groups is 1. The van der Waals surface area contributed by atoms with Gasteiger partial charge in [0.2, 0.25) is 5.91 Å². The topological polar surface area (TPSA) is 38.8 Å². The van der Waals surface area contributed by atoms with Crippen molar-refractivity contribution in [2.75, 3.05) is 60.4 Å². The summed E-state index contributed by atoms with van der Waals surface area (Å²) in [4.78, 5) is 19.2. The number of rotatable bonds is 5. The Labute approximate surface area is 129 Å². The molecule has 2 aliphatic heterocycles. The second kappa shape index (κ2) is 8.11. The maximum absolute atomic E-state index is 12.4. The minimum atomic E-state index is 0.241. The van der Waals surface area contributed by atoms with Crippen LogP contribution in [-0.2, 0) is 4.79 Å². The van der Waals surface area contributed by atoms with Crippen LogP contribution in [0.15, 0.2) is 0 Å². The number of piperidine rings is 2. The first-order chi connectivity index (χ1) is 10.1. The van der Waals surface area contributed by atoms with Gasteiger partial charge in [0.25, 0.3) is 0 Å². The Morgan fingerprint density at radius 1 is 1.10 bits per heavy atom. The average Bonchev–Trinajstić information content (AvgIpc) is 2.53. The van der Waals surface area contributed by atoms with Crippen molar-refractivity contribution in [2.24, 2.45) is 5.92 Å². The molecule has 2 rings (SSSR count). The molecule has 2 saturated heterocycles. The van der Waals surface area contributed by atoms with Gasteiger partial charge in [-0.3, -0.25) is 4.79 Å². The van der Waals surface area contributed by atoms with Gasteiger partial charge in [0, 0.05) is 32.1 Å². The van der Waals surface area contributed by atoms with Gasteiger partial charge in [-0.15, -0.1) is 0 Å². The van der Waals surface area contributed by atoms with Crippen molar-refractivity contribution < 1.29 is 4.79 Å². The van der Waals surface area contributed by atoms with Crippen LogP contribution in [0, 0.1) is 5.92 Å². The van der Waals surface area contributed by atoms with Gasteiger partial charge >= 0.3 is 0 Å². The molecule has 0 unspecified atom stereocenters. The van der Waals surface area contributed by atoms with Crippen LogP contribution in [0.4, 0.5) is 0 Å². The van der Waals surface area contributed by atoms with Crippen LogP contribution in [0.25, 0.3) is 0 Å². The minimum absolute atomic E-state index is 0.241. The summed E-state index contributed by atoms with van der Waals surface area (Å²) in [6.07, 6.45) is 4.49. The number of likely N-dealkylation sites (N-methyl/N-ethyl adjacent to an activating group) is 2. The third-order valence-electron chi connectivity index (χ3n) is 5.16. The Kier molecular flexibility index (Phi) is 6.45. The van der Waals surface area contributed by atoms with Gasteiger partial charge in [0.15, 0.2) is 0 Å². The van der Waals surface area contributed by atoms with Crippen molar-refractivity contribution in [1.82, 2.24) is 20.0 Å². The molecule has 2 heterocycles. The summed E-state index contributed by atoms with van der Waals surface area (Å²) in [5.74, 6) is 0.582. The van der Waals surface area contributed by atoms with E-state index in [1.807, 2.05) is 11.9 Å². The number of amides is 1. The largest absolute Gasteiger partial charge is 0.344 e. The van der Waals surface area contributed by atoms with E-state index in [1.165, 1.54) is 25.9 Å². The van der Waals surface area contributed by atoms with E-state index < -0.39 is 0 Å². The standard InChI is InChI=1S/C16H32N4O/c1-18-10-6-15(7-11-18)19(2)12-13-20(3)16(21)14-4-8-17-9-5-14/h14-15,17H,4-13H2,1-3H3. The van der Waals surface area contributed by atoms with Gasteiger partial charge < -0.3 is 20.0 Å². The summed E-state index contributed by atoms with van der Waals surface area (Å²) in [5.41, 5.74) is 0. The SMILES string of the molecule is CN1CCC(N(C)CCN(C)C(=O)C2CCNCC2)CC1. The number of nitrogens with zero attached hydrogens (tertiary/aromatic N) is 3. The fourth-order valence-corrected chi connectivity index (χ4v) is 3.42. The zero-order valence-electron chi connectivity index (χ0n) is 14.0. The lowest BCUT2D eigenvalue weighted by atomic mass is 9.97. The highest BCUT2D eigenvalue weighted by Crippen LogP contribution is 2.16. The Morgan fingerprint density at radius 3 is 2.33 bits per heavy atom. The maximum atomic E-state index is 12.4. The molecule has 0 atom stereocenters. The van der Waals surface area contributed by atoms with E-state index in [9.17, 15) is 4.79 Å². The Balaban J connectivity index is 1.70. The fraction of sp³-hybridized carbons (Fsp3) is 0.938. The normalized spacial score (nSPS) is 22.7. The first-order valence-electron chi connectivity index (χ1n) is 8.42. The lowest BCUT2D eigenvalue weighted by Gasteiger charge is -2.36. The van der Waals surface area contributed by atoms with Crippen LogP contribution >= 0.6 is 0 Å². The van der Waals surface area contributed by atoms with Gasteiger partial charge in [-0.1, -0.05) is 0 Å². The molecule has 2 fully saturated rings. The number of hydrogen-bond acceptors (Lipinski definition) is 4. The third kappa shape index (κ3) is 4.94. The quantitative estimate of drug-likeness (QED) is 0.800. The van der Waals surface area contributed by atoms with Crippen molar-refractivity contribution in [3.63, 3.8) is 0 Å². The predicted octanol–water partition coefficient (Wildman–Crippen LogP) is 0.470. The Morgan fingerprint density at radius 2 is 1.71 bits per heavy atom. The van der Waals surface area contributed by atoms with E-state index in [0.717, 1.165) is 39.0 Å². The van der Waals surface area contributed by atoms with E-state index in [-0.39, 0.29) is 5.92 Å². The molecule has 0 spiro atoms. The van der Waals surface area contributed by atoms with E-state index >= 15 is 0 Å². The summed E-state index contributed by atoms with van der Waals surface area (Å²) in [5, 5.41) is 3.32. The van der Waals surface area contributed by atoms with Crippen LogP contribution in [0.3, 0.4) is 0 Å². The highest BCUT2D eigenvalue weighted by molar-refractivity contribution is 5.78. The smallest absolute Gasteiger partial charge is 0.225 e. The van der Waals surface area contributed by atoms with Gasteiger partial charge in [-0.25, -0.2) is 0 Å². The van der Waals surface area contributed by atoms with Crippen molar-refractivity contribution >= 4 is 5.91 Å². The van der Waals surface area contributed by atoms with E-state index in [0.29, 0.717) is 11.9 Å². The second-order valence-corrected chi connectivity index (χ2v) is 6.80. The summed E-state index contributed by atoms with van der Waals surface area (Å²) in [6.45, 7) is 6.20. The number of hydrogen-bond donors (Lipinski definition) is 1. The molecule has 5 heteroatoms. The monoisotopic (exact) mass is 296 g/mol. The Hall–Kier alpha value is -0.650. The predicted molar refractivity (Wildman–Crippen MR) is 86.4 cm³/mol. The summed E-state index contributed by atoms with van der Waals surface area (Å²) in [7, 11) is 6.37. The highest BCUT2D eigenvalue weighted by Gasteiger charge is 2.25. The molecule has 0 aromatic heterocycles. The van der Waals surface area contributed by atoms with Gasteiger partial charge in [-0.2, -0.15) is 0 Å². The molecule has 1 amide bonds. The number of carbonyl (C=O) groups excluding carboxylic acids is 1. The molecule has 122 valence electrons. The lowest BCUT2D eigenvalue weighted by Crippen LogP contribution is -2.46. The maximum Gasteiger partial charge on any atom is 0.225 e. The van der Waals surface area contributed by atoms with Gasteiger partial charge in [-0.05, 0) is 66.0 Å². The molecule has 0 aliphatic carbocycles. The molecule has 0 saturated carbocycles. The van der Waals surface area contributed by atoms with Crippen LogP contribution in [0.1, 0.15) is 25.7 Å². The molecule has 0 radical (unpaired) electrons. The fourth-order valence-electron chi connectivity index (χ4n) is 3.42. The molecule has 21 heavy (non-hydrogen) atoms. The van der Waals surface area contributed by atoms with E-state index in [4.69, 9.17) is 0 Å². The number of nitrogens with one attached hydrogen (secondary N) is 1. The zero-order valence-corrected chi connectivity index (χ0v) is 14.0. The van der Waals surface area contributed by atoms with Gasteiger partial charge in [0.1, 0.15) is 0 Å². The highest BCUT2D eigenvalue weighted by atomic mass is 16.2. The second-order valence-electron chi connectivity index (χ2n) is 6.80. The first-order valence-corrected chi connectivity index (χ1v) is 8.42. The summed E-state index contributed by atoms with van der Waals surface area (Å²) in [6, 6.07) is 0.684. The zero-order chi connectivity index (χ0) is 15.2. The molecule has 5 nitrogen and oxygen atoms in total. The van der Waals surface area contributed by atoms with Crippen LogP contribution < -0.4 is 5.32 Å².